The van der Waals surface area contributed by atoms with E-state index in [0.717, 1.165) is 0 Å². The molecule has 0 saturated heterocycles. The summed E-state index contributed by atoms with van der Waals surface area (Å²) >= 11 is 1.21. The largest absolute Gasteiger partial charge is 0.298 e. The third-order valence-electron chi connectivity index (χ3n) is 4.58. The monoisotopic (exact) mass is 422 g/mol. The maximum absolute atomic E-state index is 12.4. The number of nitrogens with zero attached hydrogens (tertiary/aromatic N) is 3. The number of thiazole rings is 1. The molecule has 0 aliphatic carbocycles. The van der Waals surface area contributed by atoms with E-state index in [1.54, 1.807) is 29.6 Å². The van der Waals surface area contributed by atoms with Crippen molar-refractivity contribution in [2.75, 3.05) is 11.9 Å². The number of benzene rings is 2. The van der Waals surface area contributed by atoms with Gasteiger partial charge in [-0.15, -0.1) is 11.3 Å². The minimum atomic E-state index is -0.539. The molecule has 3 amide bonds. The topological polar surface area (TPSA) is 123 Å². The van der Waals surface area contributed by atoms with Crippen molar-refractivity contribution in [2.45, 2.75) is 6.42 Å². The van der Waals surface area contributed by atoms with Crippen molar-refractivity contribution in [1.82, 2.24) is 9.88 Å². The molecule has 0 unspecified atom stereocenters. The van der Waals surface area contributed by atoms with Gasteiger partial charge in [-0.25, -0.2) is 4.98 Å². The van der Waals surface area contributed by atoms with Crippen molar-refractivity contribution >= 4 is 39.9 Å². The molecule has 4 rings (SSSR count). The number of rotatable bonds is 6. The second-order valence-electron chi connectivity index (χ2n) is 6.46. The van der Waals surface area contributed by atoms with E-state index in [1.165, 1.54) is 40.5 Å². The van der Waals surface area contributed by atoms with E-state index in [2.05, 4.69) is 10.3 Å². The van der Waals surface area contributed by atoms with Gasteiger partial charge in [0.2, 0.25) is 0 Å². The predicted molar refractivity (Wildman–Crippen MR) is 109 cm³/mol. The van der Waals surface area contributed by atoms with Crippen LogP contribution < -0.4 is 5.32 Å². The van der Waals surface area contributed by atoms with E-state index in [-0.39, 0.29) is 29.6 Å². The molecule has 0 radical (unpaired) electrons. The van der Waals surface area contributed by atoms with Crippen LogP contribution in [0.15, 0.2) is 53.9 Å². The average Bonchev–Trinajstić information content (AvgIpc) is 3.29. The van der Waals surface area contributed by atoms with Crippen LogP contribution in [-0.4, -0.2) is 39.1 Å². The molecule has 0 spiro atoms. The van der Waals surface area contributed by atoms with E-state index in [0.29, 0.717) is 28.4 Å². The summed E-state index contributed by atoms with van der Waals surface area (Å²) < 4.78 is 0. The second-order valence-corrected chi connectivity index (χ2v) is 7.32. The molecule has 2 aromatic carbocycles. The molecule has 0 atom stereocenters. The Morgan fingerprint density at radius 1 is 1.07 bits per heavy atom. The number of anilines is 1. The van der Waals surface area contributed by atoms with Gasteiger partial charge in [-0.2, -0.15) is 0 Å². The average molecular weight is 422 g/mol. The quantitative estimate of drug-likeness (QED) is 0.370. The van der Waals surface area contributed by atoms with Crippen molar-refractivity contribution in [2.24, 2.45) is 0 Å². The van der Waals surface area contributed by atoms with E-state index in [9.17, 15) is 24.5 Å². The lowest BCUT2D eigenvalue weighted by atomic mass is 10.1. The number of nitro benzene ring substituents is 1. The van der Waals surface area contributed by atoms with Crippen molar-refractivity contribution < 1.29 is 19.3 Å². The van der Waals surface area contributed by atoms with Crippen molar-refractivity contribution in [1.29, 1.82) is 0 Å². The van der Waals surface area contributed by atoms with Gasteiger partial charge in [-0.1, -0.05) is 12.1 Å². The SMILES string of the molecule is O=C(Nc1nc(CCN2C(=O)c3ccccc3C2=O)cs1)c1ccc([N+](=O)[O-])cc1. The molecule has 1 aliphatic rings. The molecule has 0 fully saturated rings. The fourth-order valence-corrected chi connectivity index (χ4v) is 3.79. The molecule has 9 nitrogen and oxygen atoms in total. The maximum atomic E-state index is 12.4. The van der Waals surface area contributed by atoms with Crippen molar-refractivity contribution in [3.05, 3.63) is 86.4 Å². The third-order valence-corrected chi connectivity index (χ3v) is 5.39. The molecule has 2 heterocycles. The number of non-ortho nitro benzene ring substituents is 1. The lowest BCUT2D eigenvalue weighted by Gasteiger charge is -2.12. The predicted octanol–water partition coefficient (Wildman–Crippen LogP) is 3.14. The summed E-state index contributed by atoms with van der Waals surface area (Å²) in [4.78, 5) is 52.7. The normalized spacial score (nSPS) is 12.7. The molecule has 150 valence electrons. The molecule has 3 aromatic rings. The zero-order chi connectivity index (χ0) is 21.3. The highest BCUT2D eigenvalue weighted by molar-refractivity contribution is 7.14. The van der Waals surface area contributed by atoms with Crippen LogP contribution in [0.2, 0.25) is 0 Å². The van der Waals surface area contributed by atoms with Crippen LogP contribution in [0.3, 0.4) is 0 Å². The number of carbonyl (C=O) groups is 3. The Hall–Kier alpha value is -3.92. The summed E-state index contributed by atoms with van der Waals surface area (Å²) in [6.07, 6.45) is 0.357. The third kappa shape index (κ3) is 3.67. The Morgan fingerprint density at radius 3 is 2.30 bits per heavy atom. The second kappa shape index (κ2) is 7.84. The van der Waals surface area contributed by atoms with Crippen molar-refractivity contribution in [3.63, 3.8) is 0 Å². The number of hydrogen-bond donors (Lipinski definition) is 1. The zero-order valence-electron chi connectivity index (χ0n) is 15.4. The molecular formula is C20H14N4O5S. The van der Waals surface area contributed by atoms with Crippen LogP contribution in [0.5, 0.6) is 0 Å². The summed E-state index contributed by atoms with van der Waals surface area (Å²) in [5.41, 5.74) is 1.60. The first-order valence-corrected chi connectivity index (χ1v) is 9.77. The fourth-order valence-electron chi connectivity index (χ4n) is 3.05. The summed E-state index contributed by atoms with van der Waals surface area (Å²) in [6, 6.07) is 11.9. The minimum Gasteiger partial charge on any atom is -0.298 e. The lowest BCUT2D eigenvalue weighted by Crippen LogP contribution is -2.31. The Labute approximate surface area is 174 Å². The van der Waals surface area contributed by atoms with Gasteiger partial charge in [0.15, 0.2) is 5.13 Å². The first kappa shape index (κ1) is 19.4. The minimum absolute atomic E-state index is 0.101. The van der Waals surface area contributed by atoms with Crippen LogP contribution in [0.25, 0.3) is 0 Å². The van der Waals surface area contributed by atoms with Crippen LogP contribution >= 0.6 is 11.3 Å². The van der Waals surface area contributed by atoms with E-state index in [1.807, 2.05) is 0 Å². The van der Waals surface area contributed by atoms with Gasteiger partial charge in [0.25, 0.3) is 23.4 Å². The summed E-state index contributed by atoms with van der Waals surface area (Å²) in [7, 11) is 0. The molecule has 1 aliphatic heterocycles. The highest BCUT2D eigenvalue weighted by atomic mass is 32.1. The van der Waals surface area contributed by atoms with Gasteiger partial charge in [0, 0.05) is 36.0 Å². The number of nitro groups is 1. The number of aromatic nitrogens is 1. The standard InChI is InChI=1S/C20H14N4O5S/c25-17(12-5-7-14(8-6-12)24(28)29)22-20-21-13(11-30-20)9-10-23-18(26)15-3-1-2-4-16(15)19(23)27/h1-8,11H,9-10H2,(H,21,22,25). The summed E-state index contributed by atoms with van der Waals surface area (Å²) in [5.74, 6) is -1.08. The van der Waals surface area contributed by atoms with Gasteiger partial charge >= 0.3 is 0 Å². The fraction of sp³-hybridized carbons (Fsp3) is 0.100. The van der Waals surface area contributed by atoms with Gasteiger partial charge in [-0.05, 0) is 24.3 Å². The molecular weight excluding hydrogens is 408 g/mol. The molecule has 0 bridgehead atoms. The van der Waals surface area contributed by atoms with Crippen LogP contribution in [0.1, 0.15) is 36.8 Å². The lowest BCUT2D eigenvalue weighted by molar-refractivity contribution is -0.384. The summed E-state index contributed by atoms with van der Waals surface area (Å²) in [5, 5.41) is 15.4. The number of fused-ring (bicyclic) bond motifs is 1. The van der Waals surface area contributed by atoms with Crippen LogP contribution in [0, 0.1) is 10.1 Å². The van der Waals surface area contributed by atoms with Gasteiger partial charge in [-0.3, -0.25) is 34.7 Å². The smallest absolute Gasteiger partial charge is 0.269 e. The molecule has 10 heteroatoms. The van der Waals surface area contributed by atoms with E-state index in [4.69, 9.17) is 0 Å². The van der Waals surface area contributed by atoms with Crippen molar-refractivity contribution in [3.8, 4) is 0 Å². The van der Waals surface area contributed by atoms with E-state index < -0.39 is 10.8 Å². The molecule has 1 N–H and O–H groups in total. The van der Waals surface area contributed by atoms with Crippen LogP contribution in [0.4, 0.5) is 10.8 Å². The van der Waals surface area contributed by atoms with E-state index >= 15 is 0 Å². The van der Waals surface area contributed by atoms with Gasteiger partial charge in [0.05, 0.1) is 21.7 Å². The Bertz CT molecular complexity index is 1140. The number of nitrogens with one attached hydrogen (secondary N) is 1. The van der Waals surface area contributed by atoms with Crippen LogP contribution in [-0.2, 0) is 6.42 Å². The first-order valence-electron chi connectivity index (χ1n) is 8.89. The van der Waals surface area contributed by atoms with Gasteiger partial charge in [0.1, 0.15) is 0 Å². The highest BCUT2D eigenvalue weighted by Crippen LogP contribution is 2.23. The highest BCUT2D eigenvalue weighted by Gasteiger charge is 2.34. The first-order chi connectivity index (χ1) is 14.4. The number of imide groups is 1. The summed E-state index contributed by atoms with van der Waals surface area (Å²) in [6.45, 7) is 0.186. The molecule has 30 heavy (non-hydrogen) atoms. The number of carbonyl (C=O) groups excluding carboxylic acids is 3. The molecule has 0 saturated carbocycles. The Morgan fingerprint density at radius 2 is 1.70 bits per heavy atom. The Balaban J connectivity index is 1.37. The zero-order valence-corrected chi connectivity index (χ0v) is 16.2. The Kier molecular flexibility index (Phi) is 5.07. The molecule has 1 aromatic heterocycles. The number of amides is 3. The van der Waals surface area contributed by atoms with Gasteiger partial charge < -0.3 is 0 Å². The maximum Gasteiger partial charge on any atom is 0.269 e. The number of hydrogen-bond acceptors (Lipinski definition) is 7.